The van der Waals surface area contributed by atoms with E-state index in [0.717, 1.165) is 22.7 Å². The molecule has 3 rings (SSSR count). The van der Waals surface area contributed by atoms with Gasteiger partial charge in [0.1, 0.15) is 0 Å². The van der Waals surface area contributed by atoms with Gasteiger partial charge < -0.3 is 11.1 Å². The quantitative estimate of drug-likeness (QED) is 0.860. The molecule has 2 atom stereocenters. The number of nitrogens with two attached hydrogens (primary N) is 1. The highest BCUT2D eigenvalue weighted by Gasteiger charge is 2.28. The second-order valence-corrected chi connectivity index (χ2v) is 5.49. The van der Waals surface area contributed by atoms with E-state index >= 15 is 0 Å². The molecule has 3 heteroatoms. The molecule has 0 radical (unpaired) electrons. The summed E-state index contributed by atoms with van der Waals surface area (Å²) in [6.07, 6.45) is 0.922. The molecule has 98 valence electrons. The Labute approximate surface area is 118 Å². The first-order chi connectivity index (χ1) is 9.16. The Bertz CT molecular complexity index is 609. The molecule has 19 heavy (non-hydrogen) atoms. The van der Waals surface area contributed by atoms with Crippen LogP contribution in [0.3, 0.4) is 0 Å². The van der Waals surface area contributed by atoms with Crippen molar-refractivity contribution < 1.29 is 0 Å². The molecule has 2 unspecified atom stereocenters. The van der Waals surface area contributed by atoms with Crippen molar-refractivity contribution in [1.82, 2.24) is 0 Å². The highest BCUT2D eigenvalue weighted by Crippen LogP contribution is 2.39. The van der Waals surface area contributed by atoms with Gasteiger partial charge in [-0.15, -0.1) is 0 Å². The van der Waals surface area contributed by atoms with Crippen LogP contribution in [0.5, 0.6) is 0 Å². The summed E-state index contributed by atoms with van der Waals surface area (Å²) in [5.74, 6) is 0. The van der Waals surface area contributed by atoms with Crippen LogP contribution >= 0.6 is 11.6 Å². The minimum atomic E-state index is 0.119. The molecule has 0 aliphatic heterocycles. The Hall–Kier alpha value is -1.51. The molecule has 0 heterocycles. The first-order valence-electron chi connectivity index (χ1n) is 6.53. The van der Waals surface area contributed by atoms with Crippen LogP contribution in [0, 0.1) is 6.92 Å². The van der Waals surface area contributed by atoms with Gasteiger partial charge in [0.25, 0.3) is 0 Å². The van der Waals surface area contributed by atoms with Crippen molar-refractivity contribution in [1.29, 1.82) is 0 Å². The summed E-state index contributed by atoms with van der Waals surface area (Å²) in [7, 11) is 0. The molecule has 0 aromatic heterocycles. The normalized spacial score (nSPS) is 21.2. The van der Waals surface area contributed by atoms with Crippen LogP contribution in [0.4, 0.5) is 5.69 Å². The molecule has 2 aromatic carbocycles. The van der Waals surface area contributed by atoms with E-state index in [4.69, 9.17) is 17.3 Å². The van der Waals surface area contributed by atoms with Gasteiger partial charge in [-0.3, -0.25) is 0 Å². The Balaban J connectivity index is 1.91. The highest BCUT2D eigenvalue weighted by molar-refractivity contribution is 6.31. The lowest BCUT2D eigenvalue weighted by Crippen LogP contribution is -2.10. The smallest absolute Gasteiger partial charge is 0.0535 e. The van der Waals surface area contributed by atoms with E-state index in [1.807, 2.05) is 25.1 Å². The number of fused-ring (bicyclic) bond motifs is 1. The fraction of sp³-hybridized carbons (Fsp3) is 0.250. The third-order valence-corrected chi connectivity index (χ3v) is 4.27. The van der Waals surface area contributed by atoms with Crippen LogP contribution in [-0.2, 0) is 0 Å². The Morgan fingerprint density at radius 3 is 2.63 bits per heavy atom. The Morgan fingerprint density at radius 1 is 1.11 bits per heavy atom. The van der Waals surface area contributed by atoms with Crippen LogP contribution in [0.1, 0.15) is 35.2 Å². The molecule has 0 saturated heterocycles. The largest absolute Gasteiger partial charge is 0.378 e. The maximum atomic E-state index is 6.19. The Kier molecular flexibility index (Phi) is 3.21. The molecule has 2 aromatic rings. The summed E-state index contributed by atoms with van der Waals surface area (Å²) < 4.78 is 0. The van der Waals surface area contributed by atoms with Gasteiger partial charge in [0.2, 0.25) is 0 Å². The van der Waals surface area contributed by atoms with Crippen molar-refractivity contribution in [3.63, 3.8) is 0 Å². The molecule has 1 aliphatic rings. The van der Waals surface area contributed by atoms with Gasteiger partial charge in [-0.2, -0.15) is 0 Å². The van der Waals surface area contributed by atoms with E-state index in [-0.39, 0.29) is 12.1 Å². The van der Waals surface area contributed by atoms with E-state index in [9.17, 15) is 0 Å². The van der Waals surface area contributed by atoms with E-state index in [2.05, 4.69) is 29.6 Å². The lowest BCUT2D eigenvalue weighted by molar-refractivity contribution is 0.648. The van der Waals surface area contributed by atoms with E-state index in [1.165, 1.54) is 11.1 Å². The molecule has 0 spiro atoms. The lowest BCUT2D eigenvalue weighted by Gasteiger charge is -2.18. The monoisotopic (exact) mass is 272 g/mol. The van der Waals surface area contributed by atoms with Gasteiger partial charge in [-0.05, 0) is 42.2 Å². The van der Waals surface area contributed by atoms with E-state index in [0.29, 0.717) is 0 Å². The highest BCUT2D eigenvalue weighted by atomic mass is 35.5. The van der Waals surface area contributed by atoms with Crippen molar-refractivity contribution in [3.05, 3.63) is 64.2 Å². The second kappa shape index (κ2) is 4.87. The van der Waals surface area contributed by atoms with Crippen LogP contribution in [0.2, 0.25) is 5.02 Å². The maximum Gasteiger partial charge on any atom is 0.0535 e. The van der Waals surface area contributed by atoms with Gasteiger partial charge in [0.15, 0.2) is 0 Å². The van der Waals surface area contributed by atoms with Gasteiger partial charge in [0, 0.05) is 16.8 Å². The number of hydrogen-bond acceptors (Lipinski definition) is 2. The first kappa shape index (κ1) is 12.5. The van der Waals surface area contributed by atoms with Crippen LogP contribution < -0.4 is 11.1 Å². The number of benzene rings is 2. The lowest BCUT2D eigenvalue weighted by atomic mass is 10.1. The second-order valence-electron chi connectivity index (χ2n) is 5.08. The molecule has 2 nitrogen and oxygen atoms in total. The molecule has 0 bridgehead atoms. The van der Waals surface area contributed by atoms with Crippen molar-refractivity contribution in [2.45, 2.75) is 25.4 Å². The van der Waals surface area contributed by atoms with Crippen LogP contribution in [0.25, 0.3) is 0 Å². The predicted octanol–water partition coefficient (Wildman–Crippen LogP) is 4.21. The SMILES string of the molecule is Cc1c(Cl)cccc1NC1CC(N)c2ccccc21. The summed E-state index contributed by atoms with van der Waals surface area (Å²) in [5.41, 5.74) is 10.9. The number of nitrogens with one attached hydrogen (secondary N) is 1. The van der Waals surface area contributed by atoms with Gasteiger partial charge in [0.05, 0.1) is 6.04 Å². The van der Waals surface area contributed by atoms with Gasteiger partial charge >= 0.3 is 0 Å². The topological polar surface area (TPSA) is 38.0 Å². The minimum absolute atomic E-state index is 0.119. The number of rotatable bonds is 2. The number of anilines is 1. The number of halogens is 1. The molecule has 0 amide bonds. The standard InChI is InChI=1S/C16H17ClN2/c1-10-13(17)7-4-8-15(10)19-16-9-14(18)11-5-2-3-6-12(11)16/h2-8,14,16,19H,9,18H2,1H3. The molecule has 1 aliphatic carbocycles. The fourth-order valence-corrected chi connectivity index (χ4v) is 2.94. The zero-order chi connectivity index (χ0) is 13.4. The van der Waals surface area contributed by atoms with Crippen LogP contribution in [-0.4, -0.2) is 0 Å². The van der Waals surface area contributed by atoms with E-state index < -0.39 is 0 Å². The summed E-state index contributed by atoms with van der Waals surface area (Å²) in [6.45, 7) is 2.03. The summed E-state index contributed by atoms with van der Waals surface area (Å²) in [6, 6.07) is 14.7. The summed E-state index contributed by atoms with van der Waals surface area (Å²) >= 11 is 6.16. The van der Waals surface area contributed by atoms with Crippen molar-refractivity contribution in [2.24, 2.45) is 5.73 Å². The molecular weight excluding hydrogens is 256 g/mol. The fourth-order valence-electron chi connectivity index (χ4n) is 2.76. The molecule has 0 saturated carbocycles. The third-order valence-electron chi connectivity index (χ3n) is 3.86. The Morgan fingerprint density at radius 2 is 1.84 bits per heavy atom. The molecule has 3 N–H and O–H groups in total. The minimum Gasteiger partial charge on any atom is -0.378 e. The summed E-state index contributed by atoms with van der Waals surface area (Å²) in [4.78, 5) is 0. The molecule has 0 fully saturated rings. The van der Waals surface area contributed by atoms with Gasteiger partial charge in [-0.1, -0.05) is 41.9 Å². The zero-order valence-electron chi connectivity index (χ0n) is 10.9. The predicted molar refractivity (Wildman–Crippen MR) is 80.5 cm³/mol. The zero-order valence-corrected chi connectivity index (χ0v) is 11.6. The van der Waals surface area contributed by atoms with Crippen molar-refractivity contribution in [2.75, 3.05) is 5.32 Å². The van der Waals surface area contributed by atoms with Crippen molar-refractivity contribution in [3.8, 4) is 0 Å². The number of hydrogen-bond donors (Lipinski definition) is 2. The third kappa shape index (κ3) is 2.22. The average molecular weight is 273 g/mol. The summed E-state index contributed by atoms with van der Waals surface area (Å²) in [5, 5.41) is 4.36. The van der Waals surface area contributed by atoms with Crippen molar-refractivity contribution >= 4 is 17.3 Å². The van der Waals surface area contributed by atoms with Gasteiger partial charge in [-0.25, -0.2) is 0 Å². The first-order valence-corrected chi connectivity index (χ1v) is 6.90. The van der Waals surface area contributed by atoms with Crippen LogP contribution in [0.15, 0.2) is 42.5 Å². The average Bonchev–Trinajstić information content (AvgIpc) is 2.73. The molecular formula is C16H17ClN2. The van der Waals surface area contributed by atoms with E-state index in [1.54, 1.807) is 0 Å². The maximum absolute atomic E-state index is 6.19.